The molecule has 2 nitrogen and oxygen atoms in total. The van der Waals surface area contributed by atoms with E-state index in [9.17, 15) is 0 Å². The van der Waals surface area contributed by atoms with Gasteiger partial charge in [0.25, 0.3) is 0 Å². The number of nitrogens with zero attached hydrogens (tertiary/aromatic N) is 2. The molecule has 0 spiro atoms. The van der Waals surface area contributed by atoms with E-state index in [2.05, 4.69) is 28.5 Å². The summed E-state index contributed by atoms with van der Waals surface area (Å²) in [4.78, 5) is 5.62. The van der Waals surface area contributed by atoms with Crippen molar-refractivity contribution in [2.45, 2.75) is 50.7 Å². The van der Waals surface area contributed by atoms with Crippen LogP contribution in [-0.2, 0) is 0 Å². The average Bonchev–Trinajstić information content (AvgIpc) is 2.97. The first-order valence-corrected chi connectivity index (χ1v) is 8.11. The first-order chi connectivity index (χ1) is 7.88. The van der Waals surface area contributed by atoms with E-state index in [1.165, 1.54) is 56.8 Å². The van der Waals surface area contributed by atoms with Crippen molar-refractivity contribution in [3.8, 4) is 0 Å². The van der Waals surface area contributed by atoms with Crippen molar-refractivity contribution in [3.05, 3.63) is 0 Å². The van der Waals surface area contributed by atoms with Gasteiger partial charge in [0, 0.05) is 37.0 Å². The normalized spacial score (nSPS) is 41.4. The third-order valence-electron chi connectivity index (χ3n) is 4.68. The number of hydrogen-bond donors (Lipinski definition) is 0. The van der Waals surface area contributed by atoms with Gasteiger partial charge in [0.15, 0.2) is 0 Å². The minimum Gasteiger partial charge on any atom is -0.298 e. The van der Waals surface area contributed by atoms with Crippen LogP contribution < -0.4 is 0 Å². The lowest BCUT2D eigenvalue weighted by molar-refractivity contribution is 0.0254. The van der Waals surface area contributed by atoms with E-state index in [1.807, 2.05) is 0 Å². The second-order valence-electron chi connectivity index (χ2n) is 5.57. The van der Waals surface area contributed by atoms with Gasteiger partial charge in [0.1, 0.15) is 0 Å². The molecule has 3 atom stereocenters. The largest absolute Gasteiger partial charge is 0.298 e. The van der Waals surface area contributed by atoms with Gasteiger partial charge in [-0.3, -0.25) is 9.80 Å². The molecule has 3 rings (SSSR count). The minimum absolute atomic E-state index is 0.845. The third-order valence-corrected chi connectivity index (χ3v) is 5.83. The molecule has 3 fully saturated rings. The van der Waals surface area contributed by atoms with Crippen molar-refractivity contribution in [3.63, 3.8) is 0 Å². The van der Waals surface area contributed by atoms with Crippen molar-refractivity contribution in [2.75, 3.05) is 31.1 Å². The second kappa shape index (κ2) is 4.87. The van der Waals surface area contributed by atoms with Crippen LogP contribution in [0.3, 0.4) is 0 Å². The zero-order chi connectivity index (χ0) is 11.0. The summed E-state index contributed by atoms with van der Waals surface area (Å²) >= 11 is 2.16. The van der Waals surface area contributed by atoms with Gasteiger partial charge in [0.2, 0.25) is 0 Å². The van der Waals surface area contributed by atoms with Crippen molar-refractivity contribution in [1.29, 1.82) is 0 Å². The lowest BCUT2D eigenvalue weighted by Crippen LogP contribution is -2.58. The minimum atomic E-state index is 0.845. The zero-order valence-electron chi connectivity index (χ0n) is 10.4. The van der Waals surface area contributed by atoms with E-state index in [4.69, 9.17) is 0 Å². The molecular formula is C13H24N2S. The lowest BCUT2D eigenvalue weighted by atomic mass is 10.0. The predicted octanol–water partition coefficient (Wildman–Crippen LogP) is 2.05. The summed E-state index contributed by atoms with van der Waals surface area (Å²) in [5, 5.41) is 0. The molecule has 0 aromatic heterocycles. The Morgan fingerprint density at radius 2 is 2.12 bits per heavy atom. The van der Waals surface area contributed by atoms with Gasteiger partial charge in [-0.15, -0.1) is 0 Å². The fraction of sp³-hybridized carbons (Fsp3) is 1.00. The summed E-state index contributed by atoms with van der Waals surface area (Å²) in [5.74, 6) is 2.79. The summed E-state index contributed by atoms with van der Waals surface area (Å²) < 4.78 is 0. The molecular weight excluding hydrogens is 216 g/mol. The number of thioether (sulfide) groups is 1. The Morgan fingerprint density at radius 1 is 1.19 bits per heavy atom. The first kappa shape index (κ1) is 11.4. The maximum absolute atomic E-state index is 2.87. The molecule has 0 N–H and O–H groups in total. The molecule has 0 aromatic rings. The fourth-order valence-corrected chi connectivity index (χ4v) is 4.94. The van der Waals surface area contributed by atoms with Crippen LogP contribution in [0.5, 0.6) is 0 Å². The summed E-state index contributed by atoms with van der Waals surface area (Å²) in [6, 6.07) is 2.64. The molecule has 3 saturated heterocycles. The van der Waals surface area contributed by atoms with E-state index in [1.54, 1.807) is 0 Å². The van der Waals surface area contributed by atoms with Crippen LogP contribution in [0.1, 0.15) is 32.6 Å². The highest BCUT2D eigenvalue weighted by Crippen LogP contribution is 2.31. The average molecular weight is 240 g/mol. The zero-order valence-corrected chi connectivity index (χ0v) is 11.2. The lowest BCUT2D eigenvalue weighted by Gasteiger charge is -2.46. The van der Waals surface area contributed by atoms with Crippen molar-refractivity contribution >= 4 is 11.8 Å². The predicted molar refractivity (Wildman–Crippen MR) is 71.1 cm³/mol. The van der Waals surface area contributed by atoms with Crippen LogP contribution in [0, 0.1) is 0 Å². The van der Waals surface area contributed by atoms with Gasteiger partial charge in [-0.05, 0) is 38.0 Å². The molecule has 3 heterocycles. The van der Waals surface area contributed by atoms with Crippen LogP contribution in [0.2, 0.25) is 0 Å². The molecule has 3 heteroatoms. The van der Waals surface area contributed by atoms with Gasteiger partial charge in [-0.2, -0.15) is 11.8 Å². The number of hydrogen-bond acceptors (Lipinski definition) is 3. The van der Waals surface area contributed by atoms with Gasteiger partial charge in [-0.1, -0.05) is 6.92 Å². The highest BCUT2D eigenvalue weighted by atomic mass is 32.2. The first-order valence-electron chi connectivity index (χ1n) is 6.96. The molecule has 0 radical (unpaired) electrons. The number of piperazine rings is 1. The Labute approximate surface area is 104 Å². The Hall–Kier alpha value is 0.270. The van der Waals surface area contributed by atoms with Gasteiger partial charge >= 0.3 is 0 Å². The fourth-order valence-electron chi connectivity index (χ4n) is 3.70. The van der Waals surface area contributed by atoms with E-state index < -0.39 is 0 Å². The maximum atomic E-state index is 2.87. The van der Waals surface area contributed by atoms with Gasteiger partial charge in [0.05, 0.1) is 0 Å². The highest BCUT2D eigenvalue weighted by molar-refractivity contribution is 7.99. The Kier molecular flexibility index (Phi) is 3.46. The van der Waals surface area contributed by atoms with Gasteiger partial charge in [-0.25, -0.2) is 0 Å². The maximum Gasteiger partial charge on any atom is 0.0224 e. The topological polar surface area (TPSA) is 6.48 Å². The third kappa shape index (κ3) is 2.02. The molecule has 16 heavy (non-hydrogen) atoms. The molecule has 3 aliphatic heterocycles. The van der Waals surface area contributed by atoms with E-state index >= 15 is 0 Å². The monoisotopic (exact) mass is 240 g/mol. The van der Waals surface area contributed by atoms with Crippen LogP contribution >= 0.6 is 11.8 Å². The van der Waals surface area contributed by atoms with Gasteiger partial charge < -0.3 is 0 Å². The van der Waals surface area contributed by atoms with E-state index in [0.717, 1.165) is 18.1 Å². The summed E-state index contributed by atoms with van der Waals surface area (Å²) in [7, 11) is 0. The Bertz CT molecular complexity index is 240. The molecule has 0 saturated carbocycles. The summed E-state index contributed by atoms with van der Waals surface area (Å²) in [6.45, 7) is 6.46. The Balaban J connectivity index is 1.70. The van der Waals surface area contributed by atoms with Crippen LogP contribution in [0.15, 0.2) is 0 Å². The van der Waals surface area contributed by atoms with Crippen molar-refractivity contribution in [1.82, 2.24) is 9.80 Å². The van der Waals surface area contributed by atoms with Crippen molar-refractivity contribution < 1.29 is 0 Å². The molecule has 3 unspecified atom stereocenters. The highest BCUT2D eigenvalue weighted by Gasteiger charge is 2.38. The molecule has 92 valence electrons. The van der Waals surface area contributed by atoms with Crippen LogP contribution in [-0.4, -0.2) is 59.1 Å². The SMILES string of the molecule is CCC1CN2CCCC2CN1C1CCSC1. The summed E-state index contributed by atoms with van der Waals surface area (Å²) in [5.41, 5.74) is 0. The standard InChI is InChI=1S/C13H24N2S/c1-2-11-8-14-6-3-4-12(14)9-15(11)13-5-7-16-10-13/h11-13H,2-10H2,1H3. The Morgan fingerprint density at radius 3 is 2.88 bits per heavy atom. The molecule has 0 aromatic carbocycles. The summed E-state index contributed by atoms with van der Waals surface area (Å²) in [6.07, 6.45) is 5.67. The number of fused-ring (bicyclic) bond motifs is 1. The number of rotatable bonds is 2. The molecule has 0 amide bonds. The van der Waals surface area contributed by atoms with Crippen LogP contribution in [0.25, 0.3) is 0 Å². The smallest absolute Gasteiger partial charge is 0.0224 e. The quantitative estimate of drug-likeness (QED) is 0.729. The van der Waals surface area contributed by atoms with E-state index in [-0.39, 0.29) is 0 Å². The second-order valence-corrected chi connectivity index (χ2v) is 6.72. The van der Waals surface area contributed by atoms with Crippen LogP contribution in [0.4, 0.5) is 0 Å². The van der Waals surface area contributed by atoms with Crippen molar-refractivity contribution in [2.24, 2.45) is 0 Å². The molecule has 0 bridgehead atoms. The van der Waals surface area contributed by atoms with E-state index in [0.29, 0.717) is 0 Å². The molecule has 3 aliphatic rings. The molecule has 0 aliphatic carbocycles.